The van der Waals surface area contributed by atoms with Crippen molar-refractivity contribution in [1.82, 2.24) is 10.3 Å². The Labute approximate surface area is 191 Å². The molecule has 5 nitrogen and oxygen atoms in total. The molecule has 1 aromatic carbocycles. The van der Waals surface area contributed by atoms with Gasteiger partial charge in [-0.2, -0.15) is 0 Å². The normalized spacial score (nSPS) is 20.9. The number of esters is 1. The SMILES string of the molecule is O=C(OCC(CC1CCNCC1)c1ccncc1)C(O)(c1ccccc1)C1CCCCC1. The summed E-state index contributed by atoms with van der Waals surface area (Å²) >= 11 is 0. The number of hydrogen-bond acceptors (Lipinski definition) is 5. The Balaban J connectivity index is 1.51. The van der Waals surface area contributed by atoms with E-state index >= 15 is 0 Å². The Morgan fingerprint density at radius 1 is 1.03 bits per heavy atom. The lowest BCUT2D eigenvalue weighted by atomic mass is 9.73. The molecular formula is C27H36N2O3. The van der Waals surface area contributed by atoms with E-state index in [0.29, 0.717) is 11.5 Å². The quantitative estimate of drug-likeness (QED) is 0.593. The van der Waals surface area contributed by atoms with Crippen LogP contribution in [0.5, 0.6) is 0 Å². The van der Waals surface area contributed by atoms with Gasteiger partial charge in [-0.1, -0.05) is 49.6 Å². The summed E-state index contributed by atoms with van der Waals surface area (Å²) < 4.78 is 5.95. The van der Waals surface area contributed by atoms with Crippen molar-refractivity contribution < 1.29 is 14.6 Å². The smallest absolute Gasteiger partial charge is 0.343 e. The Morgan fingerprint density at radius 2 is 1.72 bits per heavy atom. The van der Waals surface area contributed by atoms with Gasteiger partial charge in [0.2, 0.25) is 0 Å². The maximum atomic E-state index is 13.5. The lowest BCUT2D eigenvalue weighted by Gasteiger charge is -2.37. The minimum Gasteiger partial charge on any atom is -0.463 e. The molecule has 0 spiro atoms. The second kappa shape index (κ2) is 11.1. The second-order valence-electron chi connectivity index (χ2n) is 9.47. The summed E-state index contributed by atoms with van der Waals surface area (Å²) in [6.07, 6.45) is 11.8. The van der Waals surface area contributed by atoms with Gasteiger partial charge in [-0.25, -0.2) is 4.79 Å². The summed E-state index contributed by atoms with van der Waals surface area (Å²) in [6, 6.07) is 13.4. The number of nitrogens with one attached hydrogen (secondary N) is 1. The average Bonchev–Trinajstić information content (AvgIpc) is 2.88. The molecule has 0 bridgehead atoms. The van der Waals surface area contributed by atoms with Crippen LogP contribution in [0.1, 0.15) is 68.4 Å². The minimum atomic E-state index is -1.58. The number of ether oxygens (including phenoxy) is 1. The number of aliphatic hydroxyl groups is 1. The van der Waals surface area contributed by atoms with Gasteiger partial charge in [0.1, 0.15) is 0 Å². The second-order valence-corrected chi connectivity index (χ2v) is 9.47. The van der Waals surface area contributed by atoms with Crippen LogP contribution in [-0.4, -0.2) is 35.8 Å². The fraction of sp³-hybridized carbons (Fsp3) is 0.556. The molecule has 1 aliphatic carbocycles. The zero-order valence-corrected chi connectivity index (χ0v) is 18.9. The number of hydrogen-bond donors (Lipinski definition) is 2. The topological polar surface area (TPSA) is 71.5 Å². The summed E-state index contributed by atoms with van der Waals surface area (Å²) in [6.45, 7) is 2.38. The molecule has 172 valence electrons. The minimum absolute atomic E-state index is 0.102. The van der Waals surface area contributed by atoms with Crippen LogP contribution in [0, 0.1) is 11.8 Å². The van der Waals surface area contributed by atoms with E-state index in [0.717, 1.165) is 70.0 Å². The molecule has 4 rings (SSSR count). The van der Waals surface area contributed by atoms with Crippen LogP contribution >= 0.6 is 0 Å². The molecule has 2 atom stereocenters. The molecule has 2 heterocycles. The van der Waals surface area contributed by atoms with Crippen molar-refractivity contribution in [2.24, 2.45) is 11.8 Å². The highest BCUT2D eigenvalue weighted by Crippen LogP contribution is 2.41. The zero-order valence-electron chi connectivity index (χ0n) is 18.9. The van der Waals surface area contributed by atoms with Gasteiger partial charge >= 0.3 is 5.97 Å². The van der Waals surface area contributed by atoms with Crippen LogP contribution in [0.15, 0.2) is 54.9 Å². The van der Waals surface area contributed by atoms with Crippen molar-refractivity contribution in [3.05, 3.63) is 66.0 Å². The Morgan fingerprint density at radius 3 is 2.41 bits per heavy atom. The number of aromatic nitrogens is 1. The average molecular weight is 437 g/mol. The summed E-state index contributed by atoms with van der Waals surface area (Å²) in [5.74, 6) is 0.116. The number of rotatable bonds is 8. The van der Waals surface area contributed by atoms with E-state index in [9.17, 15) is 9.90 Å². The maximum Gasteiger partial charge on any atom is 0.343 e. The van der Waals surface area contributed by atoms with Gasteiger partial charge in [-0.05, 0) is 74.4 Å². The number of carbonyl (C=O) groups is 1. The molecule has 0 radical (unpaired) electrons. The van der Waals surface area contributed by atoms with Crippen LogP contribution in [0.2, 0.25) is 0 Å². The standard InChI is InChI=1S/C27H36N2O3/c30-26(27(31,24-7-3-1-4-8-24)25-9-5-2-6-10-25)32-20-23(22-13-17-29-18-14-22)19-21-11-15-28-16-12-21/h1,3-4,7-8,13-14,17-18,21,23,25,28,31H,2,5-6,9-12,15-16,19-20H2. The third kappa shape index (κ3) is 5.38. The molecule has 1 aliphatic heterocycles. The molecule has 2 aromatic rings. The predicted molar refractivity (Wildman–Crippen MR) is 125 cm³/mol. The number of carbonyl (C=O) groups excluding carboxylic acids is 1. The van der Waals surface area contributed by atoms with Crippen LogP contribution in [0.4, 0.5) is 0 Å². The van der Waals surface area contributed by atoms with Gasteiger partial charge in [0.15, 0.2) is 5.60 Å². The molecule has 2 aliphatic rings. The maximum absolute atomic E-state index is 13.5. The van der Waals surface area contributed by atoms with Crippen molar-refractivity contribution in [3.8, 4) is 0 Å². The number of piperidine rings is 1. The van der Waals surface area contributed by atoms with E-state index < -0.39 is 11.6 Å². The molecule has 0 amide bonds. The lowest BCUT2D eigenvalue weighted by molar-refractivity contribution is -0.176. The first-order valence-corrected chi connectivity index (χ1v) is 12.2. The van der Waals surface area contributed by atoms with Gasteiger partial charge in [0, 0.05) is 24.2 Å². The third-order valence-corrected chi connectivity index (χ3v) is 7.39. The fourth-order valence-electron chi connectivity index (χ4n) is 5.47. The highest BCUT2D eigenvalue weighted by Gasteiger charge is 2.47. The molecular weight excluding hydrogens is 400 g/mol. The molecule has 1 saturated carbocycles. The van der Waals surface area contributed by atoms with E-state index in [-0.39, 0.29) is 18.4 Å². The van der Waals surface area contributed by atoms with Gasteiger partial charge in [0.05, 0.1) is 6.61 Å². The fourth-order valence-corrected chi connectivity index (χ4v) is 5.47. The molecule has 32 heavy (non-hydrogen) atoms. The van der Waals surface area contributed by atoms with Crippen molar-refractivity contribution in [2.75, 3.05) is 19.7 Å². The van der Waals surface area contributed by atoms with E-state index in [4.69, 9.17) is 4.74 Å². The molecule has 2 unspecified atom stereocenters. The summed E-state index contributed by atoms with van der Waals surface area (Å²) in [5.41, 5.74) is 0.210. The van der Waals surface area contributed by atoms with Gasteiger partial charge in [-0.3, -0.25) is 4.98 Å². The van der Waals surface area contributed by atoms with E-state index in [1.54, 1.807) is 12.4 Å². The van der Waals surface area contributed by atoms with Crippen molar-refractivity contribution >= 4 is 5.97 Å². The predicted octanol–water partition coefficient (Wildman–Crippen LogP) is 4.57. The largest absolute Gasteiger partial charge is 0.463 e. The Hall–Kier alpha value is -2.24. The summed E-state index contributed by atoms with van der Waals surface area (Å²) in [7, 11) is 0. The van der Waals surface area contributed by atoms with E-state index in [1.807, 2.05) is 42.5 Å². The summed E-state index contributed by atoms with van der Waals surface area (Å²) in [4.78, 5) is 17.7. The van der Waals surface area contributed by atoms with E-state index in [2.05, 4.69) is 10.3 Å². The monoisotopic (exact) mass is 436 g/mol. The van der Waals surface area contributed by atoms with Crippen LogP contribution in [0.25, 0.3) is 0 Å². The number of benzene rings is 1. The lowest BCUT2D eigenvalue weighted by Crippen LogP contribution is -2.45. The molecule has 1 saturated heterocycles. The van der Waals surface area contributed by atoms with Crippen LogP contribution in [-0.2, 0) is 15.1 Å². The Bertz CT molecular complexity index is 832. The van der Waals surface area contributed by atoms with Crippen molar-refractivity contribution in [3.63, 3.8) is 0 Å². The molecule has 1 aromatic heterocycles. The van der Waals surface area contributed by atoms with Gasteiger partial charge < -0.3 is 15.2 Å². The highest BCUT2D eigenvalue weighted by molar-refractivity contribution is 5.81. The number of pyridine rings is 1. The van der Waals surface area contributed by atoms with E-state index in [1.165, 1.54) is 0 Å². The first-order chi connectivity index (χ1) is 15.7. The molecule has 2 fully saturated rings. The summed E-state index contributed by atoms with van der Waals surface area (Å²) in [5, 5.41) is 15.2. The van der Waals surface area contributed by atoms with Gasteiger partial charge in [-0.15, -0.1) is 0 Å². The highest BCUT2D eigenvalue weighted by atomic mass is 16.5. The zero-order chi connectivity index (χ0) is 22.2. The molecule has 5 heteroatoms. The van der Waals surface area contributed by atoms with Crippen molar-refractivity contribution in [2.45, 2.75) is 62.9 Å². The molecule has 2 N–H and O–H groups in total. The first kappa shape index (κ1) is 22.9. The third-order valence-electron chi connectivity index (χ3n) is 7.39. The van der Waals surface area contributed by atoms with Crippen LogP contribution < -0.4 is 5.32 Å². The number of nitrogens with zero attached hydrogens (tertiary/aromatic N) is 1. The Kier molecular flexibility index (Phi) is 7.93. The van der Waals surface area contributed by atoms with Crippen LogP contribution in [0.3, 0.4) is 0 Å². The van der Waals surface area contributed by atoms with Gasteiger partial charge in [0.25, 0.3) is 0 Å². The van der Waals surface area contributed by atoms with Crippen molar-refractivity contribution in [1.29, 1.82) is 0 Å². The first-order valence-electron chi connectivity index (χ1n) is 12.2.